The first-order valence-electron chi connectivity index (χ1n) is 8.54. The van der Waals surface area contributed by atoms with Gasteiger partial charge in [-0.3, -0.25) is 9.48 Å². The number of hydrogen-bond acceptors (Lipinski definition) is 3. The quantitative estimate of drug-likeness (QED) is 0.776. The molecule has 8 heteroatoms. The largest absolute Gasteiger partial charge is 0.348 e. The molecule has 0 aliphatic carbocycles. The van der Waals surface area contributed by atoms with Crippen LogP contribution in [0.25, 0.3) is 0 Å². The lowest BCUT2D eigenvalue weighted by Crippen LogP contribution is -2.35. The van der Waals surface area contributed by atoms with E-state index in [9.17, 15) is 4.79 Å². The predicted molar refractivity (Wildman–Crippen MR) is 108 cm³/mol. The minimum Gasteiger partial charge on any atom is -0.348 e. The molecule has 5 nitrogen and oxygen atoms in total. The summed E-state index contributed by atoms with van der Waals surface area (Å²) < 4.78 is 1.89. The van der Waals surface area contributed by atoms with Crippen molar-refractivity contribution in [3.05, 3.63) is 51.8 Å². The van der Waals surface area contributed by atoms with Crippen molar-refractivity contribution in [2.75, 3.05) is 13.1 Å². The van der Waals surface area contributed by atoms with Gasteiger partial charge in [-0.25, -0.2) is 0 Å². The number of nitrogens with zero attached hydrogens (tertiary/aromatic N) is 2. The molecule has 142 valence electrons. The standard InChI is InChI=1S/C18H22Cl2N4O.ClH/c1-12(10-14-15(19)5-2-6-16(14)20)22-18(25)17-7-9-24(23-17)13-4-3-8-21-11-13;/h2,5-7,9,12-13,21H,3-4,8,10-11H2,1H3,(H,22,25);1H. The molecule has 1 saturated heterocycles. The van der Waals surface area contributed by atoms with Gasteiger partial charge in [0.25, 0.3) is 5.91 Å². The summed E-state index contributed by atoms with van der Waals surface area (Å²) in [5.41, 5.74) is 1.28. The summed E-state index contributed by atoms with van der Waals surface area (Å²) in [6.45, 7) is 3.87. The molecule has 3 rings (SSSR count). The first-order chi connectivity index (χ1) is 12.0. The van der Waals surface area contributed by atoms with Crippen LogP contribution in [0.15, 0.2) is 30.5 Å². The first kappa shape index (κ1) is 21.0. The molecule has 0 bridgehead atoms. The second-order valence-electron chi connectivity index (χ2n) is 6.46. The van der Waals surface area contributed by atoms with Gasteiger partial charge in [0.1, 0.15) is 5.69 Å². The molecule has 1 aliphatic rings. The molecule has 26 heavy (non-hydrogen) atoms. The predicted octanol–water partition coefficient (Wildman–Crippen LogP) is 3.90. The van der Waals surface area contributed by atoms with Gasteiger partial charge >= 0.3 is 0 Å². The number of piperidine rings is 1. The minimum absolute atomic E-state index is 0. The SMILES string of the molecule is CC(Cc1c(Cl)cccc1Cl)NC(=O)c1ccn(C2CCCNC2)n1.Cl. The molecule has 1 amide bonds. The molecule has 2 unspecified atom stereocenters. The van der Waals surface area contributed by atoms with E-state index in [1.54, 1.807) is 18.2 Å². The Bertz CT molecular complexity index is 724. The summed E-state index contributed by atoms with van der Waals surface area (Å²) in [6.07, 6.45) is 4.65. The number of rotatable bonds is 5. The van der Waals surface area contributed by atoms with Crippen molar-refractivity contribution < 1.29 is 4.79 Å². The molecular weight excluding hydrogens is 395 g/mol. The summed E-state index contributed by atoms with van der Waals surface area (Å²) >= 11 is 12.4. The lowest BCUT2D eigenvalue weighted by molar-refractivity contribution is 0.0933. The Morgan fingerprint density at radius 3 is 2.77 bits per heavy atom. The lowest BCUT2D eigenvalue weighted by atomic mass is 10.1. The van der Waals surface area contributed by atoms with E-state index < -0.39 is 0 Å². The molecule has 2 heterocycles. The van der Waals surface area contributed by atoms with Crippen LogP contribution in [0.1, 0.15) is 41.9 Å². The fourth-order valence-corrected chi connectivity index (χ4v) is 3.66. The van der Waals surface area contributed by atoms with Gasteiger partial charge in [0.2, 0.25) is 0 Å². The van der Waals surface area contributed by atoms with E-state index in [1.807, 2.05) is 23.9 Å². The molecule has 1 aliphatic heterocycles. The van der Waals surface area contributed by atoms with Gasteiger partial charge in [-0.15, -0.1) is 12.4 Å². The Balaban J connectivity index is 0.00000243. The minimum atomic E-state index is -0.182. The van der Waals surface area contributed by atoms with Crippen LogP contribution >= 0.6 is 35.6 Å². The van der Waals surface area contributed by atoms with Crippen LogP contribution in [0.5, 0.6) is 0 Å². The van der Waals surface area contributed by atoms with Crippen molar-refractivity contribution in [1.29, 1.82) is 0 Å². The highest BCUT2D eigenvalue weighted by atomic mass is 35.5. The summed E-state index contributed by atoms with van der Waals surface area (Å²) in [6, 6.07) is 7.39. The van der Waals surface area contributed by atoms with E-state index in [2.05, 4.69) is 15.7 Å². The average molecular weight is 418 g/mol. The number of amides is 1. The Morgan fingerprint density at radius 2 is 2.12 bits per heavy atom. The Morgan fingerprint density at radius 1 is 1.38 bits per heavy atom. The zero-order valence-corrected chi connectivity index (χ0v) is 16.9. The molecule has 0 spiro atoms. The number of hydrogen-bond donors (Lipinski definition) is 2. The maximum Gasteiger partial charge on any atom is 0.271 e. The summed E-state index contributed by atoms with van der Waals surface area (Å²) in [5.74, 6) is -0.182. The maximum atomic E-state index is 12.4. The van der Waals surface area contributed by atoms with Crippen LogP contribution in [-0.2, 0) is 6.42 Å². The summed E-state index contributed by atoms with van der Waals surface area (Å²) in [4.78, 5) is 12.4. The number of nitrogens with one attached hydrogen (secondary N) is 2. The van der Waals surface area contributed by atoms with Crippen molar-refractivity contribution in [3.63, 3.8) is 0 Å². The molecular formula is C18H23Cl3N4O. The van der Waals surface area contributed by atoms with Gasteiger partial charge in [-0.05, 0) is 56.5 Å². The zero-order chi connectivity index (χ0) is 17.8. The fourth-order valence-electron chi connectivity index (χ4n) is 3.10. The Hall–Kier alpha value is -1.27. The number of halogens is 3. The topological polar surface area (TPSA) is 59.0 Å². The molecule has 1 fully saturated rings. The maximum absolute atomic E-state index is 12.4. The Kier molecular flexibility index (Phi) is 7.77. The van der Waals surface area contributed by atoms with E-state index in [-0.39, 0.29) is 24.4 Å². The number of aromatic nitrogens is 2. The Labute approximate surface area is 169 Å². The molecule has 1 aromatic carbocycles. The van der Waals surface area contributed by atoms with Gasteiger partial charge in [-0.2, -0.15) is 5.10 Å². The van der Waals surface area contributed by atoms with Gasteiger partial charge in [-0.1, -0.05) is 29.3 Å². The third-order valence-corrected chi connectivity index (χ3v) is 5.14. The van der Waals surface area contributed by atoms with Gasteiger partial charge in [0.05, 0.1) is 6.04 Å². The normalized spacial score (nSPS) is 18.0. The second-order valence-corrected chi connectivity index (χ2v) is 7.27. The highest BCUT2D eigenvalue weighted by Gasteiger charge is 2.19. The molecule has 2 aromatic rings. The van der Waals surface area contributed by atoms with Gasteiger partial charge < -0.3 is 10.6 Å². The fraction of sp³-hybridized carbons (Fsp3) is 0.444. The molecule has 1 aromatic heterocycles. The van der Waals surface area contributed by atoms with Crippen molar-refractivity contribution in [2.45, 2.75) is 38.3 Å². The van der Waals surface area contributed by atoms with Crippen LogP contribution in [0.4, 0.5) is 0 Å². The van der Waals surface area contributed by atoms with Crippen LogP contribution < -0.4 is 10.6 Å². The van der Waals surface area contributed by atoms with E-state index in [0.717, 1.165) is 31.5 Å². The number of benzene rings is 1. The summed E-state index contributed by atoms with van der Waals surface area (Å²) in [5, 5.41) is 12.0. The van der Waals surface area contributed by atoms with Crippen LogP contribution in [0, 0.1) is 0 Å². The van der Waals surface area contributed by atoms with E-state index in [1.165, 1.54) is 0 Å². The monoisotopic (exact) mass is 416 g/mol. The van der Waals surface area contributed by atoms with Gasteiger partial charge in [0.15, 0.2) is 0 Å². The van der Waals surface area contributed by atoms with E-state index in [0.29, 0.717) is 28.2 Å². The van der Waals surface area contributed by atoms with Crippen LogP contribution in [0.3, 0.4) is 0 Å². The third kappa shape index (κ3) is 5.13. The molecule has 0 saturated carbocycles. The average Bonchev–Trinajstić information content (AvgIpc) is 3.09. The smallest absolute Gasteiger partial charge is 0.271 e. The van der Waals surface area contributed by atoms with E-state index >= 15 is 0 Å². The number of carbonyl (C=O) groups excluding carboxylic acids is 1. The van der Waals surface area contributed by atoms with Crippen molar-refractivity contribution in [2.24, 2.45) is 0 Å². The van der Waals surface area contributed by atoms with Crippen molar-refractivity contribution >= 4 is 41.5 Å². The molecule has 2 atom stereocenters. The lowest BCUT2D eigenvalue weighted by Gasteiger charge is -2.22. The molecule has 2 N–H and O–H groups in total. The molecule has 0 radical (unpaired) electrons. The summed E-state index contributed by atoms with van der Waals surface area (Å²) in [7, 11) is 0. The highest BCUT2D eigenvalue weighted by molar-refractivity contribution is 6.36. The van der Waals surface area contributed by atoms with Gasteiger partial charge in [0, 0.05) is 28.8 Å². The van der Waals surface area contributed by atoms with Crippen LogP contribution in [-0.4, -0.2) is 34.8 Å². The van der Waals surface area contributed by atoms with Crippen molar-refractivity contribution in [1.82, 2.24) is 20.4 Å². The van der Waals surface area contributed by atoms with Crippen molar-refractivity contribution in [3.8, 4) is 0 Å². The first-order valence-corrected chi connectivity index (χ1v) is 9.30. The van der Waals surface area contributed by atoms with E-state index in [4.69, 9.17) is 23.2 Å². The highest BCUT2D eigenvalue weighted by Crippen LogP contribution is 2.25. The van der Waals surface area contributed by atoms with Crippen LogP contribution in [0.2, 0.25) is 10.0 Å². The zero-order valence-electron chi connectivity index (χ0n) is 14.5. The third-order valence-electron chi connectivity index (χ3n) is 4.44. The number of carbonyl (C=O) groups is 1. The second kappa shape index (κ2) is 9.60.